The summed E-state index contributed by atoms with van der Waals surface area (Å²) >= 11 is 5.58. The van der Waals surface area contributed by atoms with Gasteiger partial charge in [0.05, 0.1) is 38.4 Å². The SMILES string of the molecule is CN1CCC(N2C(=O)c3cc4nc(-c5c(NCC(O)COc6cc(C(F)(F)F)cc(Cl)c6F)cc[nH]c5=O)[nH]c4cc3C2=O)CC1. The van der Waals surface area contributed by atoms with Crippen LogP contribution in [-0.2, 0) is 6.18 Å². The van der Waals surface area contributed by atoms with Crippen LogP contribution in [0, 0.1) is 5.82 Å². The molecule has 11 nitrogen and oxygen atoms in total. The van der Waals surface area contributed by atoms with Crippen molar-refractivity contribution < 1.29 is 37.0 Å². The third-order valence-corrected chi connectivity index (χ3v) is 8.33. The third kappa shape index (κ3) is 5.92. The smallest absolute Gasteiger partial charge is 0.416 e. The number of aromatic nitrogens is 3. The van der Waals surface area contributed by atoms with E-state index in [0.717, 1.165) is 13.1 Å². The molecule has 46 heavy (non-hydrogen) atoms. The number of likely N-dealkylation sites (tertiary alicyclic amines) is 1. The fourth-order valence-electron chi connectivity index (χ4n) is 5.63. The minimum Gasteiger partial charge on any atom is -0.488 e. The normalized spacial score (nSPS) is 16.7. The first-order valence-corrected chi connectivity index (χ1v) is 14.6. The lowest BCUT2D eigenvalue weighted by atomic mass is 10.0. The largest absolute Gasteiger partial charge is 0.488 e. The number of aromatic amines is 2. The fourth-order valence-corrected chi connectivity index (χ4v) is 5.84. The average molecular weight is 663 g/mol. The number of anilines is 1. The van der Waals surface area contributed by atoms with Crippen LogP contribution < -0.4 is 15.6 Å². The fraction of sp³-hybridized carbons (Fsp3) is 0.333. The van der Waals surface area contributed by atoms with E-state index in [9.17, 15) is 37.1 Å². The van der Waals surface area contributed by atoms with Crippen molar-refractivity contribution in [3.05, 3.63) is 74.4 Å². The Morgan fingerprint density at radius 3 is 2.52 bits per heavy atom. The van der Waals surface area contributed by atoms with Gasteiger partial charge in [0.2, 0.25) is 0 Å². The molecule has 16 heteroatoms. The molecular formula is C30H27ClF4N6O5. The predicted molar refractivity (Wildman–Crippen MR) is 160 cm³/mol. The highest BCUT2D eigenvalue weighted by Crippen LogP contribution is 2.36. The zero-order chi connectivity index (χ0) is 32.9. The van der Waals surface area contributed by atoms with Crippen LogP contribution in [0.2, 0.25) is 5.02 Å². The number of piperidine rings is 1. The molecule has 4 heterocycles. The summed E-state index contributed by atoms with van der Waals surface area (Å²) in [6, 6.07) is 5.25. The molecule has 1 unspecified atom stereocenters. The molecule has 6 rings (SSSR count). The Bertz CT molecular complexity index is 1850. The number of ether oxygens (including phenoxy) is 1. The standard InChI is InChI=1S/C30H27ClF4N6O5/c1-40-6-3-15(4-7-40)41-28(44)17-10-21-22(11-18(17)29(41)45)39-26(38-21)24-20(2-5-36-27(24)43)37-12-16(42)13-46-23-9-14(30(33,34)35)8-19(31)25(23)32/h2,5,8-11,15-16,42H,3-4,6-7,12-13H2,1H3,(H,38,39)(H2,36,37,43). The van der Waals surface area contributed by atoms with Crippen LogP contribution in [-0.4, -0.2) is 87.1 Å². The molecule has 4 aromatic rings. The van der Waals surface area contributed by atoms with Gasteiger partial charge >= 0.3 is 6.18 Å². The first kappa shape index (κ1) is 31.5. The van der Waals surface area contributed by atoms with Crippen molar-refractivity contribution in [3.8, 4) is 17.1 Å². The van der Waals surface area contributed by atoms with Gasteiger partial charge in [0.1, 0.15) is 24.1 Å². The summed E-state index contributed by atoms with van der Waals surface area (Å²) in [5.74, 6) is -2.64. The van der Waals surface area contributed by atoms with Gasteiger partial charge in [-0.1, -0.05) is 11.6 Å². The number of nitrogens with one attached hydrogen (secondary N) is 3. The summed E-state index contributed by atoms with van der Waals surface area (Å²) in [4.78, 5) is 53.0. The van der Waals surface area contributed by atoms with Crippen LogP contribution in [0.15, 0.2) is 41.3 Å². The maximum Gasteiger partial charge on any atom is 0.416 e. The average Bonchev–Trinajstić information content (AvgIpc) is 3.52. The number of carbonyl (C=O) groups is 2. The molecule has 4 N–H and O–H groups in total. The number of imidazole rings is 1. The molecule has 1 fully saturated rings. The molecule has 2 aromatic carbocycles. The molecule has 0 bridgehead atoms. The van der Waals surface area contributed by atoms with Gasteiger partial charge in [0.15, 0.2) is 11.6 Å². The molecule has 2 aromatic heterocycles. The number of imide groups is 1. The number of halogens is 5. The minimum absolute atomic E-state index is 0.0493. The highest BCUT2D eigenvalue weighted by molar-refractivity contribution is 6.31. The Morgan fingerprint density at radius 1 is 1.13 bits per heavy atom. The summed E-state index contributed by atoms with van der Waals surface area (Å²) in [7, 11) is 1.99. The zero-order valence-corrected chi connectivity index (χ0v) is 24.9. The molecule has 2 aliphatic rings. The number of aliphatic hydroxyl groups excluding tert-OH is 1. The van der Waals surface area contributed by atoms with E-state index < -0.39 is 46.6 Å². The summed E-state index contributed by atoms with van der Waals surface area (Å²) in [6.45, 7) is 0.695. The van der Waals surface area contributed by atoms with Gasteiger partial charge in [0.25, 0.3) is 17.4 Å². The van der Waals surface area contributed by atoms with Gasteiger partial charge in [-0.2, -0.15) is 13.2 Å². The molecule has 242 valence electrons. The van der Waals surface area contributed by atoms with E-state index >= 15 is 0 Å². The Hall–Kier alpha value is -4.47. The molecule has 0 saturated carbocycles. The number of carbonyl (C=O) groups excluding carboxylic acids is 2. The maximum atomic E-state index is 14.3. The van der Waals surface area contributed by atoms with Gasteiger partial charge in [0, 0.05) is 18.8 Å². The van der Waals surface area contributed by atoms with Crippen molar-refractivity contribution in [2.75, 3.05) is 38.6 Å². The van der Waals surface area contributed by atoms with Crippen LogP contribution in [0.1, 0.15) is 39.1 Å². The van der Waals surface area contributed by atoms with Crippen molar-refractivity contribution in [1.82, 2.24) is 24.8 Å². The monoisotopic (exact) mass is 662 g/mol. The van der Waals surface area contributed by atoms with Crippen LogP contribution >= 0.6 is 11.6 Å². The topological polar surface area (TPSA) is 144 Å². The summed E-state index contributed by atoms with van der Waals surface area (Å²) < 4.78 is 58.6. The zero-order valence-electron chi connectivity index (χ0n) is 24.2. The van der Waals surface area contributed by atoms with E-state index in [0.29, 0.717) is 36.0 Å². The third-order valence-electron chi connectivity index (χ3n) is 8.05. The molecule has 2 amide bonds. The number of fused-ring (bicyclic) bond motifs is 2. The van der Waals surface area contributed by atoms with Gasteiger partial charge in [-0.3, -0.25) is 19.3 Å². The van der Waals surface area contributed by atoms with Crippen LogP contribution in [0.4, 0.5) is 23.2 Å². The number of amides is 2. The number of nitrogens with zero attached hydrogens (tertiary/aromatic N) is 3. The quantitative estimate of drug-likeness (QED) is 0.162. The number of alkyl halides is 3. The van der Waals surface area contributed by atoms with E-state index in [2.05, 4.69) is 25.2 Å². The Labute approximate surface area is 263 Å². The Balaban J connectivity index is 1.19. The number of H-pyrrole nitrogens is 2. The molecule has 1 saturated heterocycles. The summed E-state index contributed by atoms with van der Waals surface area (Å²) in [6.07, 6.45) is -3.43. The molecule has 1 atom stereocenters. The first-order chi connectivity index (χ1) is 21.8. The van der Waals surface area contributed by atoms with Crippen molar-refractivity contribution in [2.45, 2.75) is 31.2 Å². The van der Waals surface area contributed by atoms with Crippen molar-refractivity contribution >= 4 is 40.1 Å². The van der Waals surface area contributed by atoms with E-state index in [1.807, 2.05) is 7.05 Å². The lowest BCUT2D eigenvalue weighted by Gasteiger charge is -2.33. The number of benzene rings is 2. The number of rotatable bonds is 8. The van der Waals surface area contributed by atoms with Gasteiger partial charge in [-0.15, -0.1) is 0 Å². The lowest BCUT2D eigenvalue weighted by Crippen LogP contribution is -2.46. The first-order valence-electron chi connectivity index (χ1n) is 14.2. The van der Waals surface area contributed by atoms with E-state index in [4.69, 9.17) is 16.3 Å². The Morgan fingerprint density at radius 2 is 1.83 bits per heavy atom. The van der Waals surface area contributed by atoms with Crippen molar-refractivity contribution in [3.63, 3.8) is 0 Å². The molecule has 0 spiro atoms. The van der Waals surface area contributed by atoms with Gasteiger partial charge in [-0.25, -0.2) is 9.37 Å². The van der Waals surface area contributed by atoms with Crippen LogP contribution in [0.5, 0.6) is 5.75 Å². The Kier molecular flexibility index (Phi) is 8.25. The maximum absolute atomic E-state index is 14.3. The number of hydrogen-bond donors (Lipinski definition) is 4. The highest BCUT2D eigenvalue weighted by Gasteiger charge is 2.41. The number of pyridine rings is 1. The van der Waals surface area contributed by atoms with Gasteiger partial charge < -0.3 is 30.0 Å². The molecule has 0 aliphatic carbocycles. The van der Waals surface area contributed by atoms with Crippen molar-refractivity contribution in [2.24, 2.45) is 0 Å². The lowest BCUT2D eigenvalue weighted by molar-refractivity contribution is -0.137. The van der Waals surface area contributed by atoms with E-state index in [-0.39, 0.29) is 52.6 Å². The number of hydrogen-bond acceptors (Lipinski definition) is 8. The van der Waals surface area contributed by atoms with Crippen LogP contribution in [0.25, 0.3) is 22.4 Å². The van der Waals surface area contributed by atoms with E-state index in [1.54, 1.807) is 6.07 Å². The minimum atomic E-state index is -4.79. The summed E-state index contributed by atoms with van der Waals surface area (Å²) in [5.41, 5.74) is -0.242. The van der Waals surface area contributed by atoms with Crippen LogP contribution in [0.3, 0.4) is 0 Å². The second-order valence-corrected chi connectivity index (χ2v) is 11.6. The molecular weight excluding hydrogens is 636 g/mol. The van der Waals surface area contributed by atoms with Crippen molar-refractivity contribution in [1.29, 1.82) is 0 Å². The summed E-state index contributed by atoms with van der Waals surface area (Å²) in [5, 5.41) is 12.5. The second kappa shape index (κ2) is 12.0. The highest BCUT2D eigenvalue weighted by atomic mass is 35.5. The predicted octanol–water partition coefficient (Wildman–Crippen LogP) is 4.27. The molecule has 0 radical (unpaired) electrons. The van der Waals surface area contributed by atoms with E-state index in [1.165, 1.54) is 23.2 Å². The molecule has 2 aliphatic heterocycles. The second-order valence-electron chi connectivity index (χ2n) is 11.2. The van der Waals surface area contributed by atoms with Gasteiger partial charge in [-0.05, 0) is 63.3 Å². The number of aliphatic hydroxyl groups is 1.